The van der Waals surface area contributed by atoms with E-state index in [1.165, 1.54) is 0 Å². The van der Waals surface area contributed by atoms with Crippen LogP contribution in [0.2, 0.25) is 0 Å². The normalized spacial score (nSPS) is 10.5. The summed E-state index contributed by atoms with van der Waals surface area (Å²) in [4.78, 5) is 16.7. The van der Waals surface area contributed by atoms with Gasteiger partial charge in [0.15, 0.2) is 11.5 Å². The molecule has 4 rings (SSSR count). The van der Waals surface area contributed by atoms with Crippen LogP contribution in [-0.2, 0) is 6.54 Å². The molecule has 6 nitrogen and oxygen atoms in total. The molecule has 156 valence electrons. The number of aromatic nitrogens is 1. The lowest BCUT2D eigenvalue weighted by atomic mass is 10.1. The minimum atomic E-state index is -0.276. The van der Waals surface area contributed by atoms with Crippen LogP contribution in [0.15, 0.2) is 85.1 Å². The third kappa shape index (κ3) is 5.11. The van der Waals surface area contributed by atoms with Crippen LogP contribution in [0.25, 0.3) is 10.8 Å². The summed E-state index contributed by atoms with van der Waals surface area (Å²) in [6, 6.07) is 24.6. The summed E-state index contributed by atoms with van der Waals surface area (Å²) in [6.07, 6.45) is 1.68. The van der Waals surface area contributed by atoms with E-state index in [1.54, 1.807) is 12.3 Å². The Balaban J connectivity index is 1.35. The van der Waals surface area contributed by atoms with Gasteiger partial charge < -0.3 is 20.1 Å². The number of nitrogens with one attached hydrogen (secondary N) is 2. The topological polar surface area (TPSA) is 72.5 Å². The lowest BCUT2D eigenvalue weighted by molar-refractivity contribution is 0.252. The van der Waals surface area contributed by atoms with Gasteiger partial charge in [-0.15, -0.1) is 0 Å². The fourth-order valence-electron chi connectivity index (χ4n) is 3.18. The molecule has 0 saturated heterocycles. The number of nitrogens with zero attached hydrogens (tertiary/aromatic N) is 1. The second-order valence-electron chi connectivity index (χ2n) is 6.82. The molecule has 1 aromatic heterocycles. The van der Waals surface area contributed by atoms with E-state index in [1.807, 2.05) is 79.7 Å². The van der Waals surface area contributed by atoms with Crippen LogP contribution in [0.1, 0.15) is 12.5 Å². The number of pyridine rings is 1. The van der Waals surface area contributed by atoms with Crippen LogP contribution < -0.4 is 20.1 Å². The zero-order valence-corrected chi connectivity index (χ0v) is 17.2. The number of fused-ring (bicyclic) bond motifs is 1. The van der Waals surface area contributed by atoms with E-state index >= 15 is 0 Å². The SMILES string of the molecule is CCOc1ccccc1Oc1ccc(CNC(=O)Nc2cccc3ccccc23)cn1. The lowest BCUT2D eigenvalue weighted by Crippen LogP contribution is -2.28. The predicted octanol–water partition coefficient (Wildman–Crippen LogP) is 5.75. The highest BCUT2D eigenvalue weighted by molar-refractivity contribution is 6.01. The fraction of sp³-hybridized carbons (Fsp3) is 0.120. The maximum absolute atomic E-state index is 12.4. The molecule has 0 atom stereocenters. The summed E-state index contributed by atoms with van der Waals surface area (Å²) in [5.41, 5.74) is 1.63. The molecular formula is C25H23N3O3. The molecule has 6 heteroatoms. The van der Waals surface area contributed by atoms with Crippen molar-refractivity contribution in [1.29, 1.82) is 0 Å². The van der Waals surface area contributed by atoms with Crippen LogP contribution in [0, 0.1) is 0 Å². The maximum atomic E-state index is 12.4. The van der Waals surface area contributed by atoms with Gasteiger partial charge in [0.1, 0.15) is 0 Å². The van der Waals surface area contributed by atoms with Gasteiger partial charge in [0.2, 0.25) is 5.88 Å². The van der Waals surface area contributed by atoms with Gasteiger partial charge in [-0.05, 0) is 36.1 Å². The number of hydrogen-bond acceptors (Lipinski definition) is 4. The molecule has 0 fully saturated rings. The van der Waals surface area contributed by atoms with Crippen molar-refractivity contribution < 1.29 is 14.3 Å². The number of ether oxygens (including phenoxy) is 2. The van der Waals surface area contributed by atoms with E-state index in [0.29, 0.717) is 30.5 Å². The number of urea groups is 1. The number of amides is 2. The summed E-state index contributed by atoms with van der Waals surface area (Å²) in [6.45, 7) is 2.83. The minimum Gasteiger partial charge on any atom is -0.490 e. The highest BCUT2D eigenvalue weighted by Crippen LogP contribution is 2.30. The predicted molar refractivity (Wildman–Crippen MR) is 122 cm³/mol. The Hall–Kier alpha value is -4.06. The Kier molecular flexibility index (Phi) is 6.28. The molecule has 0 aliphatic rings. The van der Waals surface area contributed by atoms with E-state index in [9.17, 15) is 4.79 Å². The van der Waals surface area contributed by atoms with Crippen molar-refractivity contribution in [3.8, 4) is 17.4 Å². The van der Waals surface area contributed by atoms with E-state index in [-0.39, 0.29) is 6.03 Å². The van der Waals surface area contributed by atoms with E-state index < -0.39 is 0 Å². The Morgan fingerprint density at radius 1 is 0.903 bits per heavy atom. The Morgan fingerprint density at radius 2 is 1.68 bits per heavy atom. The van der Waals surface area contributed by atoms with Crippen LogP contribution in [0.4, 0.5) is 10.5 Å². The zero-order valence-electron chi connectivity index (χ0n) is 17.2. The second kappa shape index (κ2) is 9.63. The standard InChI is InChI=1S/C25H23N3O3/c1-2-30-22-12-5-6-13-23(22)31-24-15-14-18(16-26-24)17-27-25(29)28-21-11-7-9-19-8-3-4-10-20(19)21/h3-16H,2,17H2,1H3,(H2,27,28,29). The molecule has 0 spiro atoms. The summed E-state index contributed by atoms with van der Waals surface area (Å²) < 4.78 is 11.4. The number of benzene rings is 3. The smallest absolute Gasteiger partial charge is 0.319 e. The van der Waals surface area contributed by atoms with Gasteiger partial charge in [0.25, 0.3) is 0 Å². The second-order valence-corrected chi connectivity index (χ2v) is 6.82. The first kappa shape index (κ1) is 20.2. The van der Waals surface area contributed by atoms with Gasteiger partial charge in [-0.1, -0.05) is 54.6 Å². The molecule has 1 heterocycles. The number of rotatable bonds is 7. The highest BCUT2D eigenvalue weighted by atomic mass is 16.5. The van der Waals surface area contributed by atoms with Crippen molar-refractivity contribution in [1.82, 2.24) is 10.3 Å². The van der Waals surface area contributed by atoms with Crippen LogP contribution in [0.5, 0.6) is 17.4 Å². The monoisotopic (exact) mass is 413 g/mol. The molecule has 0 bridgehead atoms. The Bertz CT molecular complexity index is 1170. The van der Waals surface area contributed by atoms with Gasteiger partial charge in [-0.25, -0.2) is 9.78 Å². The molecule has 2 N–H and O–H groups in total. The molecule has 0 unspecified atom stereocenters. The van der Waals surface area contributed by atoms with Crippen molar-refractivity contribution in [2.75, 3.05) is 11.9 Å². The molecule has 0 radical (unpaired) electrons. The minimum absolute atomic E-state index is 0.276. The van der Waals surface area contributed by atoms with Gasteiger partial charge >= 0.3 is 6.03 Å². The number of para-hydroxylation sites is 2. The van der Waals surface area contributed by atoms with Crippen molar-refractivity contribution in [3.63, 3.8) is 0 Å². The van der Waals surface area contributed by atoms with Crippen molar-refractivity contribution >= 4 is 22.5 Å². The largest absolute Gasteiger partial charge is 0.490 e. The third-order valence-electron chi connectivity index (χ3n) is 4.65. The molecule has 2 amide bonds. The van der Waals surface area contributed by atoms with Gasteiger partial charge in [-0.2, -0.15) is 0 Å². The molecule has 31 heavy (non-hydrogen) atoms. The first-order valence-electron chi connectivity index (χ1n) is 10.1. The van der Waals surface area contributed by atoms with Gasteiger partial charge in [-0.3, -0.25) is 0 Å². The summed E-state index contributed by atoms with van der Waals surface area (Å²) in [5.74, 6) is 1.73. The number of carbonyl (C=O) groups is 1. The summed E-state index contributed by atoms with van der Waals surface area (Å²) >= 11 is 0. The van der Waals surface area contributed by atoms with Gasteiger partial charge in [0.05, 0.1) is 12.3 Å². The Morgan fingerprint density at radius 3 is 2.48 bits per heavy atom. The van der Waals surface area contributed by atoms with Gasteiger partial charge in [0, 0.05) is 24.2 Å². The Labute approximate surface area is 180 Å². The van der Waals surface area contributed by atoms with Crippen LogP contribution in [-0.4, -0.2) is 17.6 Å². The molecule has 0 aliphatic carbocycles. The molecule has 4 aromatic rings. The third-order valence-corrected chi connectivity index (χ3v) is 4.65. The fourth-order valence-corrected chi connectivity index (χ4v) is 3.18. The quantitative estimate of drug-likeness (QED) is 0.405. The average molecular weight is 413 g/mol. The first-order chi connectivity index (χ1) is 15.2. The molecular weight excluding hydrogens is 390 g/mol. The van der Waals surface area contributed by atoms with Crippen molar-refractivity contribution in [3.05, 3.63) is 90.6 Å². The van der Waals surface area contributed by atoms with E-state index in [4.69, 9.17) is 9.47 Å². The van der Waals surface area contributed by atoms with Crippen LogP contribution in [0.3, 0.4) is 0 Å². The number of anilines is 1. The zero-order chi connectivity index (χ0) is 21.5. The number of hydrogen-bond donors (Lipinski definition) is 2. The van der Waals surface area contributed by atoms with E-state index in [0.717, 1.165) is 22.0 Å². The highest BCUT2D eigenvalue weighted by Gasteiger charge is 2.08. The van der Waals surface area contributed by atoms with Crippen molar-refractivity contribution in [2.24, 2.45) is 0 Å². The molecule has 0 saturated carbocycles. The number of carbonyl (C=O) groups excluding carboxylic acids is 1. The molecule has 0 aliphatic heterocycles. The van der Waals surface area contributed by atoms with Crippen LogP contribution >= 0.6 is 0 Å². The lowest BCUT2D eigenvalue weighted by Gasteiger charge is -2.11. The first-order valence-corrected chi connectivity index (χ1v) is 10.1. The van der Waals surface area contributed by atoms with Crippen molar-refractivity contribution in [2.45, 2.75) is 13.5 Å². The van der Waals surface area contributed by atoms with E-state index in [2.05, 4.69) is 15.6 Å². The maximum Gasteiger partial charge on any atom is 0.319 e. The summed E-state index contributed by atoms with van der Waals surface area (Å²) in [5, 5.41) is 7.84. The molecule has 3 aromatic carbocycles. The average Bonchev–Trinajstić information content (AvgIpc) is 2.80. The summed E-state index contributed by atoms with van der Waals surface area (Å²) in [7, 11) is 0.